The molecule has 3 heterocycles. The van der Waals surface area contributed by atoms with E-state index in [0.717, 1.165) is 6.20 Å². The van der Waals surface area contributed by atoms with E-state index in [-0.39, 0.29) is 17.0 Å². The van der Waals surface area contributed by atoms with Gasteiger partial charge < -0.3 is 9.84 Å². The van der Waals surface area contributed by atoms with Crippen molar-refractivity contribution in [3.63, 3.8) is 0 Å². The van der Waals surface area contributed by atoms with Crippen molar-refractivity contribution in [2.75, 3.05) is 6.61 Å². The van der Waals surface area contributed by atoms with Crippen LogP contribution in [-0.4, -0.2) is 33.9 Å². The van der Waals surface area contributed by atoms with E-state index in [1.807, 2.05) is 0 Å². The average Bonchev–Trinajstić information content (AvgIpc) is 2.99. The Morgan fingerprint density at radius 1 is 1.46 bits per heavy atom. The molecule has 126 valence electrons. The molecule has 0 amide bonds. The zero-order valence-corrected chi connectivity index (χ0v) is 11.9. The van der Waals surface area contributed by atoms with Gasteiger partial charge in [0, 0.05) is 18.0 Å². The second-order valence-electron chi connectivity index (χ2n) is 4.81. The molecule has 0 radical (unpaired) electrons. The first-order valence-electron chi connectivity index (χ1n) is 6.58. The number of pyridine rings is 1. The van der Waals surface area contributed by atoms with Crippen LogP contribution in [0.1, 0.15) is 15.9 Å². The van der Waals surface area contributed by atoms with Crippen molar-refractivity contribution in [3.05, 3.63) is 53.6 Å². The number of carboxylic acid groups (broad SMARTS) is 1. The lowest BCUT2D eigenvalue weighted by atomic mass is 10.0. The summed E-state index contributed by atoms with van der Waals surface area (Å²) in [4.78, 5) is 19.8. The minimum atomic E-state index is -4.54. The molecule has 0 fully saturated rings. The quantitative estimate of drug-likeness (QED) is 0.869. The van der Waals surface area contributed by atoms with Crippen LogP contribution in [0, 0.1) is 0 Å². The molecule has 1 aromatic rings. The lowest BCUT2D eigenvalue weighted by molar-refractivity contribution is -0.154. The third kappa shape index (κ3) is 3.33. The molecular formula is C14H10F3N3O4. The smallest absolute Gasteiger partial charge is 0.422 e. The average molecular weight is 341 g/mol. The van der Waals surface area contributed by atoms with Gasteiger partial charge in [0.1, 0.15) is 0 Å². The predicted molar refractivity (Wildman–Crippen MR) is 74.0 cm³/mol. The Balaban J connectivity index is 1.98. The Kier molecular flexibility index (Phi) is 3.89. The fraction of sp³-hybridized carbons (Fsp3) is 0.143. The summed E-state index contributed by atoms with van der Waals surface area (Å²) in [5.41, 5.74) is 3.47. The minimum Gasteiger partial charge on any atom is -0.478 e. The number of fused-ring (bicyclic) bond motifs is 1. The van der Waals surface area contributed by atoms with Crippen LogP contribution < -0.4 is 10.2 Å². The molecule has 2 aliphatic heterocycles. The molecule has 0 saturated carbocycles. The summed E-state index contributed by atoms with van der Waals surface area (Å²) < 4.78 is 41.9. The van der Waals surface area contributed by atoms with Crippen molar-refractivity contribution in [1.29, 1.82) is 0 Å². The maximum atomic E-state index is 12.4. The highest BCUT2D eigenvalue weighted by molar-refractivity contribution is 5.90. The maximum Gasteiger partial charge on any atom is 0.422 e. The molecule has 7 nitrogen and oxygen atoms in total. The van der Waals surface area contributed by atoms with Crippen molar-refractivity contribution >= 4 is 11.5 Å². The standard InChI is InChI=1S/C14H10F3N3O4/c15-14(16,17)7-23-12-11(4-9(5-18-12)13(21)22)8-1-2-20-10(3-8)6-19-24-20/h1-6,19H,7H2,(H,21,22). The maximum absolute atomic E-state index is 12.4. The van der Waals surface area contributed by atoms with Crippen LogP contribution in [0.3, 0.4) is 0 Å². The van der Waals surface area contributed by atoms with Gasteiger partial charge in [0.05, 0.1) is 17.5 Å². The molecule has 2 aliphatic rings. The Bertz CT molecular complexity index is 771. The van der Waals surface area contributed by atoms with Crippen LogP contribution in [0.15, 0.2) is 42.5 Å². The summed E-state index contributed by atoms with van der Waals surface area (Å²) in [6.45, 7) is -1.53. The van der Waals surface area contributed by atoms with Gasteiger partial charge in [0.25, 0.3) is 0 Å². The number of carbonyl (C=O) groups is 1. The fourth-order valence-corrected chi connectivity index (χ4v) is 2.05. The predicted octanol–water partition coefficient (Wildman–Crippen LogP) is 2.22. The van der Waals surface area contributed by atoms with E-state index < -0.39 is 18.8 Å². The fourth-order valence-electron chi connectivity index (χ4n) is 2.05. The van der Waals surface area contributed by atoms with Crippen LogP contribution in [0.5, 0.6) is 5.88 Å². The van der Waals surface area contributed by atoms with Crippen molar-refractivity contribution < 1.29 is 32.7 Å². The zero-order valence-electron chi connectivity index (χ0n) is 11.9. The highest BCUT2D eigenvalue weighted by atomic mass is 19.4. The van der Waals surface area contributed by atoms with Crippen LogP contribution >= 0.6 is 0 Å². The molecule has 24 heavy (non-hydrogen) atoms. The van der Waals surface area contributed by atoms with Crippen molar-refractivity contribution in [3.8, 4) is 5.88 Å². The Morgan fingerprint density at radius 2 is 2.25 bits per heavy atom. The van der Waals surface area contributed by atoms with Gasteiger partial charge in [0.2, 0.25) is 5.88 Å². The molecule has 1 aromatic heterocycles. The molecule has 0 spiro atoms. The molecule has 2 N–H and O–H groups in total. The number of nitrogens with one attached hydrogen (secondary N) is 1. The number of hydrogen-bond acceptors (Lipinski definition) is 6. The van der Waals surface area contributed by atoms with Gasteiger partial charge in [0.15, 0.2) is 6.61 Å². The highest BCUT2D eigenvalue weighted by Crippen LogP contribution is 2.32. The first-order valence-corrected chi connectivity index (χ1v) is 6.58. The third-order valence-electron chi connectivity index (χ3n) is 3.09. The van der Waals surface area contributed by atoms with Crippen LogP contribution in [-0.2, 0) is 4.94 Å². The number of ether oxygens (including phenoxy) is 1. The number of allylic oxidation sites excluding steroid dienone is 3. The third-order valence-corrected chi connectivity index (χ3v) is 3.09. The number of aromatic carboxylic acids is 1. The van der Waals surface area contributed by atoms with Gasteiger partial charge in [-0.1, -0.05) is 0 Å². The largest absolute Gasteiger partial charge is 0.478 e. The summed E-state index contributed by atoms with van der Waals surface area (Å²) >= 11 is 0. The van der Waals surface area contributed by atoms with Crippen LogP contribution in [0.2, 0.25) is 0 Å². The van der Waals surface area contributed by atoms with Gasteiger partial charge in [-0.2, -0.15) is 18.1 Å². The van der Waals surface area contributed by atoms with Crippen LogP contribution in [0.4, 0.5) is 13.2 Å². The topological polar surface area (TPSA) is 83.9 Å². The van der Waals surface area contributed by atoms with Crippen molar-refractivity contribution in [2.45, 2.75) is 6.18 Å². The molecule has 10 heteroatoms. The van der Waals surface area contributed by atoms with E-state index in [4.69, 9.17) is 14.8 Å². The molecule has 0 bridgehead atoms. The molecular weight excluding hydrogens is 331 g/mol. The van der Waals surface area contributed by atoms with E-state index in [9.17, 15) is 18.0 Å². The SMILES string of the molecule is O=C(O)c1cnc(OCC(F)(F)F)c(C2=CC3=CNON3C=C2)c1. The van der Waals surface area contributed by atoms with E-state index in [0.29, 0.717) is 11.3 Å². The van der Waals surface area contributed by atoms with Gasteiger partial charge in [-0.3, -0.25) is 0 Å². The summed E-state index contributed by atoms with van der Waals surface area (Å²) in [5, 5.41) is 10.4. The number of carboxylic acids is 1. The summed E-state index contributed by atoms with van der Waals surface area (Å²) in [6.07, 6.45) is 2.56. The van der Waals surface area contributed by atoms with Crippen molar-refractivity contribution in [1.82, 2.24) is 15.5 Å². The number of aromatic nitrogens is 1. The first kappa shape index (κ1) is 15.9. The van der Waals surface area contributed by atoms with Crippen molar-refractivity contribution in [2.24, 2.45) is 0 Å². The van der Waals surface area contributed by atoms with Crippen LogP contribution in [0.25, 0.3) is 5.57 Å². The number of hydroxylamine groups is 3. The van der Waals surface area contributed by atoms with Gasteiger partial charge in [-0.15, -0.1) is 0 Å². The van der Waals surface area contributed by atoms with E-state index in [2.05, 4.69) is 10.5 Å². The van der Waals surface area contributed by atoms with Gasteiger partial charge in [-0.25, -0.2) is 20.3 Å². The monoisotopic (exact) mass is 341 g/mol. The lowest BCUT2D eigenvalue weighted by Crippen LogP contribution is -2.20. The second kappa shape index (κ2) is 5.89. The van der Waals surface area contributed by atoms with E-state index in [1.54, 1.807) is 6.08 Å². The zero-order chi connectivity index (χ0) is 17.3. The minimum absolute atomic E-state index is 0.128. The van der Waals surface area contributed by atoms with E-state index >= 15 is 0 Å². The van der Waals surface area contributed by atoms with Gasteiger partial charge in [-0.05, 0) is 23.8 Å². The molecule has 0 saturated heterocycles. The lowest BCUT2D eigenvalue weighted by Gasteiger charge is -2.19. The second-order valence-corrected chi connectivity index (χ2v) is 4.81. The number of rotatable bonds is 4. The summed E-state index contributed by atoms with van der Waals surface area (Å²) in [7, 11) is 0. The Morgan fingerprint density at radius 3 is 2.96 bits per heavy atom. The number of alkyl halides is 3. The van der Waals surface area contributed by atoms with E-state index in [1.165, 1.54) is 29.6 Å². The molecule has 0 unspecified atom stereocenters. The summed E-state index contributed by atoms with van der Waals surface area (Å²) in [5.74, 6) is -1.56. The molecule has 0 atom stereocenters. The highest BCUT2D eigenvalue weighted by Gasteiger charge is 2.30. The Hall–Kier alpha value is -3.01. The normalized spacial score (nSPS) is 16.2. The Labute approximate surface area is 133 Å². The molecule has 0 aromatic carbocycles. The molecule has 0 aliphatic carbocycles. The summed E-state index contributed by atoms with van der Waals surface area (Å²) in [6, 6.07) is 1.21. The first-order chi connectivity index (χ1) is 11.3. The number of nitrogens with zero attached hydrogens (tertiary/aromatic N) is 2. The van der Waals surface area contributed by atoms with Gasteiger partial charge >= 0.3 is 12.1 Å². The number of hydrogen-bond donors (Lipinski definition) is 2. The molecule has 3 rings (SSSR count). The number of halogens is 3.